The van der Waals surface area contributed by atoms with Gasteiger partial charge in [0.1, 0.15) is 12.4 Å². The van der Waals surface area contributed by atoms with Gasteiger partial charge in [-0.1, -0.05) is 12.1 Å². The van der Waals surface area contributed by atoms with Crippen molar-refractivity contribution in [1.29, 1.82) is 0 Å². The summed E-state index contributed by atoms with van der Waals surface area (Å²) in [5, 5.41) is 3.00. The van der Waals surface area contributed by atoms with Gasteiger partial charge in [-0.2, -0.15) is 0 Å². The molecule has 1 aromatic carbocycles. The summed E-state index contributed by atoms with van der Waals surface area (Å²) >= 11 is 0. The average Bonchev–Trinajstić information content (AvgIpc) is 2.85. The van der Waals surface area contributed by atoms with Gasteiger partial charge in [-0.15, -0.1) is 0 Å². The van der Waals surface area contributed by atoms with Crippen LogP contribution in [0.4, 0.5) is 0 Å². The predicted molar refractivity (Wildman–Crippen MR) is 90.9 cm³/mol. The number of fused-ring (bicyclic) bond motifs is 1. The van der Waals surface area contributed by atoms with E-state index in [0.29, 0.717) is 0 Å². The number of rotatable bonds is 3. The van der Waals surface area contributed by atoms with E-state index >= 15 is 0 Å². The van der Waals surface area contributed by atoms with E-state index in [2.05, 4.69) is 15.3 Å². The van der Waals surface area contributed by atoms with Crippen molar-refractivity contribution in [2.75, 3.05) is 0 Å². The van der Waals surface area contributed by atoms with Crippen LogP contribution in [0, 0.1) is 0 Å². The second kappa shape index (κ2) is 5.83. The van der Waals surface area contributed by atoms with Crippen LogP contribution in [-0.4, -0.2) is 26.0 Å². The fourth-order valence-corrected chi connectivity index (χ4v) is 2.56. The second-order valence-corrected chi connectivity index (χ2v) is 6.54. The molecule has 0 fully saturated rings. The second-order valence-electron chi connectivity index (χ2n) is 6.54. The van der Waals surface area contributed by atoms with Crippen molar-refractivity contribution in [3.05, 3.63) is 48.8 Å². The molecule has 2 aromatic heterocycles. The summed E-state index contributed by atoms with van der Waals surface area (Å²) in [5.74, 6) is 0.744. The van der Waals surface area contributed by atoms with Gasteiger partial charge in [0.05, 0.1) is 11.0 Å². The molecule has 0 saturated heterocycles. The van der Waals surface area contributed by atoms with Gasteiger partial charge in [-0.3, -0.25) is 9.78 Å². The molecule has 0 aliphatic rings. The standard InChI is InChI=1S/C18H20N4O/c1-18(2,3)21-16(23)12-22-15-7-5-4-6-14(15)20-17(22)13-8-10-19-11-9-13/h4-11H,12H2,1-3H3,(H,21,23). The highest BCUT2D eigenvalue weighted by molar-refractivity contribution is 5.84. The van der Waals surface area contributed by atoms with Gasteiger partial charge in [-0.25, -0.2) is 4.98 Å². The van der Waals surface area contributed by atoms with E-state index in [9.17, 15) is 4.79 Å². The number of nitrogens with zero attached hydrogens (tertiary/aromatic N) is 3. The molecule has 0 spiro atoms. The summed E-state index contributed by atoms with van der Waals surface area (Å²) in [6, 6.07) is 11.7. The van der Waals surface area contributed by atoms with E-state index in [1.165, 1.54) is 0 Å². The molecule has 0 unspecified atom stereocenters. The van der Waals surface area contributed by atoms with Crippen LogP contribution >= 0.6 is 0 Å². The molecule has 3 rings (SSSR count). The van der Waals surface area contributed by atoms with E-state index in [1.54, 1.807) is 12.4 Å². The number of para-hydroxylation sites is 2. The zero-order valence-electron chi connectivity index (χ0n) is 13.6. The maximum absolute atomic E-state index is 12.4. The highest BCUT2D eigenvalue weighted by Gasteiger charge is 2.18. The Balaban J connectivity index is 2.05. The zero-order chi connectivity index (χ0) is 16.4. The number of imidazole rings is 1. The van der Waals surface area contributed by atoms with Gasteiger partial charge in [0.25, 0.3) is 0 Å². The third-order valence-corrected chi connectivity index (χ3v) is 3.41. The molecular formula is C18H20N4O. The van der Waals surface area contributed by atoms with Crippen molar-refractivity contribution < 1.29 is 4.79 Å². The molecule has 3 aromatic rings. The number of carbonyl (C=O) groups excluding carboxylic acids is 1. The molecule has 0 atom stereocenters. The summed E-state index contributed by atoms with van der Waals surface area (Å²) in [6.07, 6.45) is 3.46. The van der Waals surface area contributed by atoms with Gasteiger partial charge >= 0.3 is 0 Å². The fourth-order valence-electron chi connectivity index (χ4n) is 2.56. The number of pyridine rings is 1. The Labute approximate surface area is 135 Å². The van der Waals surface area contributed by atoms with Crippen molar-refractivity contribution in [3.8, 4) is 11.4 Å². The van der Waals surface area contributed by atoms with E-state index in [-0.39, 0.29) is 18.0 Å². The Bertz CT molecular complexity index is 831. The van der Waals surface area contributed by atoms with Crippen LogP contribution in [0.3, 0.4) is 0 Å². The van der Waals surface area contributed by atoms with E-state index in [4.69, 9.17) is 0 Å². The van der Waals surface area contributed by atoms with Crippen molar-refractivity contribution in [1.82, 2.24) is 19.9 Å². The van der Waals surface area contributed by atoms with Crippen LogP contribution in [0.5, 0.6) is 0 Å². The summed E-state index contributed by atoms with van der Waals surface area (Å²) in [7, 11) is 0. The number of hydrogen-bond donors (Lipinski definition) is 1. The molecule has 118 valence electrons. The van der Waals surface area contributed by atoms with Gasteiger partial charge < -0.3 is 9.88 Å². The van der Waals surface area contributed by atoms with Crippen LogP contribution in [0.25, 0.3) is 22.4 Å². The minimum Gasteiger partial charge on any atom is -0.350 e. The molecule has 5 heteroatoms. The lowest BCUT2D eigenvalue weighted by molar-refractivity contribution is -0.123. The third kappa shape index (κ3) is 3.39. The molecule has 1 N–H and O–H groups in total. The predicted octanol–water partition coefficient (Wildman–Crippen LogP) is 3.01. The topological polar surface area (TPSA) is 59.8 Å². The Morgan fingerprint density at radius 3 is 2.52 bits per heavy atom. The van der Waals surface area contributed by atoms with Crippen molar-refractivity contribution in [2.45, 2.75) is 32.9 Å². The molecule has 5 nitrogen and oxygen atoms in total. The van der Waals surface area contributed by atoms with E-state index < -0.39 is 0 Å². The molecule has 23 heavy (non-hydrogen) atoms. The number of benzene rings is 1. The first-order valence-corrected chi connectivity index (χ1v) is 7.61. The number of amides is 1. The lowest BCUT2D eigenvalue weighted by Crippen LogP contribution is -2.42. The molecule has 0 radical (unpaired) electrons. The van der Waals surface area contributed by atoms with Crippen LogP contribution in [-0.2, 0) is 11.3 Å². The molecule has 0 bridgehead atoms. The summed E-state index contributed by atoms with van der Waals surface area (Å²) in [6.45, 7) is 6.15. The maximum atomic E-state index is 12.4. The lowest BCUT2D eigenvalue weighted by Gasteiger charge is -2.21. The van der Waals surface area contributed by atoms with Gasteiger partial charge in [0, 0.05) is 23.5 Å². The van der Waals surface area contributed by atoms with Crippen LogP contribution in [0.15, 0.2) is 48.8 Å². The Morgan fingerprint density at radius 2 is 1.83 bits per heavy atom. The number of nitrogens with one attached hydrogen (secondary N) is 1. The number of hydrogen-bond acceptors (Lipinski definition) is 3. The summed E-state index contributed by atoms with van der Waals surface area (Å²) in [4.78, 5) is 21.1. The Kier molecular flexibility index (Phi) is 3.86. The number of aromatic nitrogens is 3. The number of carbonyl (C=O) groups is 1. The van der Waals surface area contributed by atoms with Gasteiger partial charge in [0.2, 0.25) is 5.91 Å². The van der Waals surface area contributed by atoms with E-state index in [1.807, 2.05) is 61.7 Å². The first-order valence-electron chi connectivity index (χ1n) is 7.61. The highest BCUT2D eigenvalue weighted by atomic mass is 16.2. The SMILES string of the molecule is CC(C)(C)NC(=O)Cn1c(-c2ccncc2)nc2ccccc21. The Morgan fingerprint density at radius 1 is 1.13 bits per heavy atom. The first-order chi connectivity index (χ1) is 10.9. The smallest absolute Gasteiger partial charge is 0.240 e. The fraction of sp³-hybridized carbons (Fsp3) is 0.278. The lowest BCUT2D eigenvalue weighted by atomic mass is 10.1. The van der Waals surface area contributed by atoms with Crippen LogP contribution < -0.4 is 5.32 Å². The van der Waals surface area contributed by atoms with Crippen molar-refractivity contribution in [2.24, 2.45) is 0 Å². The van der Waals surface area contributed by atoms with Crippen molar-refractivity contribution >= 4 is 16.9 Å². The van der Waals surface area contributed by atoms with Crippen LogP contribution in [0.1, 0.15) is 20.8 Å². The van der Waals surface area contributed by atoms with Gasteiger partial charge in [-0.05, 0) is 45.0 Å². The minimum atomic E-state index is -0.260. The summed E-state index contributed by atoms with van der Waals surface area (Å²) in [5.41, 5.74) is 2.51. The Hall–Kier alpha value is -2.69. The molecular weight excluding hydrogens is 288 g/mol. The minimum absolute atomic E-state index is 0.0315. The zero-order valence-corrected chi connectivity index (χ0v) is 13.6. The third-order valence-electron chi connectivity index (χ3n) is 3.41. The largest absolute Gasteiger partial charge is 0.350 e. The highest BCUT2D eigenvalue weighted by Crippen LogP contribution is 2.24. The molecule has 0 aliphatic carbocycles. The molecule has 2 heterocycles. The molecule has 0 saturated carbocycles. The monoisotopic (exact) mass is 308 g/mol. The molecule has 1 amide bonds. The van der Waals surface area contributed by atoms with Crippen LogP contribution in [0.2, 0.25) is 0 Å². The molecule has 0 aliphatic heterocycles. The van der Waals surface area contributed by atoms with Crippen molar-refractivity contribution in [3.63, 3.8) is 0 Å². The summed E-state index contributed by atoms with van der Waals surface area (Å²) < 4.78 is 1.95. The van der Waals surface area contributed by atoms with E-state index in [0.717, 1.165) is 22.4 Å². The quantitative estimate of drug-likeness (QED) is 0.809. The average molecular weight is 308 g/mol. The first kappa shape index (κ1) is 15.2. The maximum Gasteiger partial charge on any atom is 0.240 e. The van der Waals surface area contributed by atoms with Gasteiger partial charge in [0.15, 0.2) is 0 Å². The normalized spacial score (nSPS) is 11.6.